The second kappa shape index (κ2) is 8140. The summed E-state index contributed by atoms with van der Waals surface area (Å²) in [4.78, 5) is 21.6. The molecule has 97 heavy (non-hydrogen) atoms. The van der Waals surface area contributed by atoms with Crippen molar-refractivity contribution < 1.29 is 710 Å². The second-order valence-corrected chi connectivity index (χ2v) is 1.54. The first-order valence-corrected chi connectivity index (χ1v) is 2.35. The summed E-state index contributed by atoms with van der Waals surface area (Å²) in [6, 6.07) is 0. The minimum absolute atomic E-state index is 0. The Morgan fingerprint density at radius 1 is 0.0825 bits per heavy atom. The molecule has 0 bridgehead atoms. The van der Waals surface area contributed by atoms with E-state index in [-0.39, 0.29) is 691 Å². The fourth-order valence-corrected chi connectivity index (χ4v) is 0. The van der Waals surface area contributed by atoms with Crippen LogP contribution < -0.4 is 0 Å². The summed E-state index contributed by atoms with van der Waals surface area (Å²) in [6.07, 6.45) is 0. The Morgan fingerprint density at radius 2 is 0.0825 bits per heavy atom. The molecule has 0 unspecified atom stereocenters. The van der Waals surface area contributed by atoms with E-state index < -0.39 is 7.82 Å². The van der Waals surface area contributed by atoms with Crippen LogP contribution in [0.1, 0.15) is 0 Å². The zero-order valence-corrected chi connectivity index (χ0v) is 83.2. The van der Waals surface area contributed by atoms with E-state index in [9.17, 15) is 0 Å². The van der Waals surface area contributed by atoms with Crippen LogP contribution in [0.2, 0.25) is 0 Å². The fraction of sp³-hybridized carbons (Fsp3) is 0. The minimum atomic E-state index is -4.64. The van der Waals surface area contributed by atoms with Gasteiger partial charge in [-0.1, -0.05) is 0 Å². The maximum absolute atomic E-state index is 8.88. The molecule has 0 spiro atoms. The monoisotopic (exact) mass is 3750 g/mol. The van der Waals surface area contributed by atoms with E-state index >= 15 is 0 Å². The SMILES string of the molecule is O.O.O.O.O.O.O.O.O.O.O.O.O.O.O.O.O.O.O.O.O.O.O.O.O.O.O.O.O.O.O.O.O.O.O.O.O.O.O.O.O.O.O.O.O.O.O.O.O.O.O.O.O.O.O.O.O.O.O.O.O.O.O.O.O.O.O.O.O.O.O.O.O.O.O.O.O.O.O.O.O=P(O)(O)O.[W].[W].[W].[W].[W].[W].[W].[W].[W].[W].[W].[W]. The van der Waals surface area contributed by atoms with E-state index in [2.05, 4.69) is 0 Å². The van der Waals surface area contributed by atoms with E-state index in [0.717, 1.165) is 0 Å². The molecule has 97 heteroatoms. The van der Waals surface area contributed by atoms with Gasteiger partial charge in [0, 0.05) is 253 Å². The predicted octanol–water partition coefficient (Wildman–Crippen LogP) is -66.9. The summed E-state index contributed by atoms with van der Waals surface area (Å²) in [7, 11) is -4.64. The fourth-order valence-electron chi connectivity index (χ4n) is 0. The average molecular weight is 3750 g/mol. The first-order valence-electron chi connectivity index (χ1n) is 0.783. The zero-order chi connectivity index (χ0) is 4.50. The summed E-state index contributed by atoms with van der Waals surface area (Å²) in [5, 5.41) is 0. The molecule has 0 fully saturated rings. The average Bonchev–Trinajstić information content (AvgIpc) is 0.722. The topological polar surface area (TPSA) is 2600 Å². The van der Waals surface area contributed by atoms with Crippen molar-refractivity contribution in [3.05, 3.63) is 0 Å². The first kappa shape index (κ1) is 12400. The summed E-state index contributed by atoms with van der Waals surface area (Å²) in [5.41, 5.74) is 0. The molecule has 0 aromatic carbocycles. The molecule has 0 aromatic rings. The zero-order valence-electron chi connectivity index (χ0n) is 47.1. The van der Waals surface area contributed by atoms with E-state index in [1.54, 1.807) is 0 Å². The molecule has 163 N–H and O–H groups in total. The molecule has 0 heterocycles. The van der Waals surface area contributed by atoms with Crippen molar-refractivity contribution in [1.29, 1.82) is 0 Å². The van der Waals surface area contributed by atoms with Crippen LogP contribution in [0.3, 0.4) is 0 Å². The Bertz CT molecular complexity index is 106. The van der Waals surface area contributed by atoms with Gasteiger partial charge < -0.3 is 453 Å². The van der Waals surface area contributed by atoms with E-state index in [1.807, 2.05) is 0 Å². The third-order valence-corrected chi connectivity index (χ3v) is 0. The smallest absolute Gasteiger partial charge is 0.412 e. The standard InChI is InChI=1S/H3O4P.80H2O.12W/c1-5(2,3)4;;;;;;;;;;;;;;;;;;;;;;;;;;;;;;;;;;;;;;;;;;;;;;;;;;;;;;;;;;;;;;;;;;;;;;;;;;;;;;;;;;;;;;;;;;;;/h(H3,1,2,3,4);80*1H2;;;;;;;;;;;;. The molecule has 0 saturated carbocycles. The molecule has 0 rings (SSSR count). The van der Waals surface area contributed by atoms with Gasteiger partial charge in [-0.25, -0.2) is 4.57 Å². The van der Waals surface area contributed by atoms with Crippen LogP contribution in [0, 0.1) is 0 Å². The van der Waals surface area contributed by atoms with Crippen LogP contribution in [0.5, 0.6) is 0 Å². The van der Waals surface area contributed by atoms with Crippen molar-refractivity contribution in [2.24, 2.45) is 0 Å². The predicted molar refractivity (Wildman–Crippen MR) is 303 cm³/mol. The number of hydrogen-bond acceptors (Lipinski definition) is 1. The first-order chi connectivity index (χ1) is 2.00. The van der Waals surface area contributed by atoms with Gasteiger partial charge in [0.1, 0.15) is 0 Å². The van der Waals surface area contributed by atoms with Crippen LogP contribution in [0.15, 0.2) is 0 Å². The maximum atomic E-state index is 8.88. The van der Waals surface area contributed by atoms with Crippen LogP contribution in [-0.4, -0.2) is 453 Å². The Balaban J connectivity index is -0.0000000000191. The van der Waals surface area contributed by atoms with Gasteiger partial charge in [-0.15, -0.1) is 0 Å². The van der Waals surface area contributed by atoms with Crippen molar-refractivity contribution in [1.82, 2.24) is 0 Å². The number of phosphoric acid groups is 1. The van der Waals surface area contributed by atoms with Gasteiger partial charge >= 0.3 is 7.82 Å². The molecule has 0 atom stereocenters. The van der Waals surface area contributed by atoms with E-state index in [0.29, 0.717) is 0 Å². The summed E-state index contributed by atoms with van der Waals surface area (Å²) >= 11 is 0. The second-order valence-electron chi connectivity index (χ2n) is 0.513. The Labute approximate surface area is 711 Å². The van der Waals surface area contributed by atoms with Gasteiger partial charge in [0.2, 0.25) is 0 Å². The van der Waals surface area contributed by atoms with Crippen molar-refractivity contribution >= 4 is 7.82 Å². The van der Waals surface area contributed by atoms with Gasteiger partial charge in [0.05, 0.1) is 0 Å². The van der Waals surface area contributed by atoms with Crippen LogP contribution >= 0.6 is 7.82 Å². The summed E-state index contributed by atoms with van der Waals surface area (Å²) in [6.45, 7) is 0. The molecular weight excluding hydrogens is 3580 g/mol. The van der Waals surface area contributed by atoms with Gasteiger partial charge in [-0.05, 0) is 0 Å². The molecule has 0 aliphatic heterocycles. The van der Waals surface area contributed by atoms with Crippen LogP contribution in [0.25, 0.3) is 0 Å². The Hall–Kier alpha value is 5.17. The van der Waals surface area contributed by atoms with Crippen molar-refractivity contribution in [2.75, 3.05) is 0 Å². The third kappa shape index (κ3) is 37200. The maximum Gasteiger partial charge on any atom is 0.466 e. The Morgan fingerprint density at radius 3 is 0.0825 bits per heavy atom. The molecule has 0 aliphatic carbocycles. The third-order valence-electron chi connectivity index (χ3n) is 0. The molecule has 0 saturated heterocycles. The summed E-state index contributed by atoms with van der Waals surface area (Å²) in [5.74, 6) is 0. The van der Waals surface area contributed by atoms with E-state index in [1.165, 1.54) is 0 Å². The molecule has 0 radical (unpaired) electrons. The normalized spacial score (nSPS) is 0.608. The van der Waals surface area contributed by atoms with E-state index in [4.69, 9.17) is 19.2 Å². The van der Waals surface area contributed by atoms with Crippen LogP contribution in [-0.2, 0) is 257 Å². The number of rotatable bonds is 0. The van der Waals surface area contributed by atoms with Crippen molar-refractivity contribution in [2.45, 2.75) is 0 Å². The molecule has 0 amide bonds. The molecule has 0 aliphatic rings. The van der Waals surface area contributed by atoms with Gasteiger partial charge in [0.15, 0.2) is 0 Å². The molecular formula is H163O84PW12. The number of hydrogen-bond donors (Lipinski definition) is 3. The van der Waals surface area contributed by atoms with Gasteiger partial charge in [-0.3, -0.25) is 0 Å². The largest absolute Gasteiger partial charge is 0.466 e. The molecule has 744 valence electrons. The minimum Gasteiger partial charge on any atom is -0.412 e. The van der Waals surface area contributed by atoms with Crippen molar-refractivity contribution in [3.63, 3.8) is 0 Å². The molecule has 84 nitrogen and oxygen atoms in total. The summed E-state index contributed by atoms with van der Waals surface area (Å²) < 4.78 is 8.88. The molecule has 0 aromatic heterocycles. The quantitative estimate of drug-likeness (QED) is 0.199. The van der Waals surface area contributed by atoms with Gasteiger partial charge in [-0.2, -0.15) is 0 Å². The van der Waals surface area contributed by atoms with Crippen molar-refractivity contribution in [3.8, 4) is 0 Å². The Kier molecular flexibility index (Phi) is 1040000. The van der Waals surface area contributed by atoms with Gasteiger partial charge in [0.25, 0.3) is 0 Å². The van der Waals surface area contributed by atoms with Crippen LogP contribution in [0.4, 0.5) is 0 Å².